The topological polar surface area (TPSA) is 39.1 Å². The van der Waals surface area contributed by atoms with Crippen molar-refractivity contribution in [2.45, 2.75) is 19.8 Å². The maximum Gasteiger partial charge on any atom is 0.141 e. The van der Waals surface area contributed by atoms with Crippen LogP contribution in [-0.2, 0) is 0 Å². The summed E-state index contributed by atoms with van der Waals surface area (Å²) in [5.41, 5.74) is 0.860. The summed E-state index contributed by atoms with van der Waals surface area (Å²) in [4.78, 5) is 2.02. The molecule has 1 heterocycles. The molecule has 0 radical (unpaired) electrons. The van der Waals surface area contributed by atoms with Crippen LogP contribution in [0.5, 0.6) is 0 Å². The van der Waals surface area contributed by atoms with Gasteiger partial charge in [0, 0.05) is 25.8 Å². The van der Waals surface area contributed by atoms with Crippen molar-refractivity contribution in [1.82, 2.24) is 10.2 Å². The second-order valence-electron chi connectivity index (χ2n) is 3.23. The molecule has 0 unspecified atom stereocenters. The Morgan fingerprint density at radius 2 is 1.92 bits per heavy atom. The Balaban J connectivity index is 2.66. The zero-order valence-electron chi connectivity index (χ0n) is 8.15. The molecule has 1 aliphatic heterocycles. The predicted octanol–water partition coefficient (Wildman–Crippen LogP) is 1.75. The number of amidine groups is 1. The molecular formula is C9H16ClN3. The van der Waals surface area contributed by atoms with Crippen LogP contribution >= 0.6 is 11.6 Å². The van der Waals surface area contributed by atoms with Gasteiger partial charge in [0.1, 0.15) is 10.9 Å². The molecule has 13 heavy (non-hydrogen) atoms. The van der Waals surface area contributed by atoms with E-state index >= 15 is 0 Å². The molecule has 4 heteroatoms. The Kier molecular flexibility index (Phi) is 3.60. The molecular weight excluding hydrogens is 186 g/mol. The van der Waals surface area contributed by atoms with Gasteiger partial charge in [-0.3, -0.25) is 5.41 Å². The number of nitrogens with one attached hydrogen (secondary N) is 2. The highest BCUT2D eigenvalue weighted by atomic mass is 35.5. The van der Waals surface area contributed by atoms with Crippen LogP contribution in [0.25, 0.3) is 0 Å². The van der Waals surface area contributed by atoms with Gasteiger partial charge in [0.25, 0.3) is 0 Å². The molecule has 3 nitrogen and oxygen atoms in total. The molecule has 74 valence electrons. The molecule has 1 fully saturated rings. The first-order chi connectivity index (χ1) is 6.16. The van der Waals surface area contributed by atoms with Crippen LogP contribution in [0.3, 0.4) is 0 Å². The zero-order valence-corrected chi connectivity index (χ0v) is 8.91. The molecule has 0 saturated carbocycles. The lowest BCUT2D eigenvalue weighted by atomic mass is 10.3. The number of allylic oxidation sites excluding steroid dienone is 1. The minimum atomic E-state index is 0.450. The Hall–Kier alpha value is -0.700. The third-order valence-electron chi connectivity index (χ3n) is 2.33. The lowest BCUT2D eigenvalue weighted by molar-refractivity contribution is 0.517. The largest absolute Gasteiger partial charge is 0.390 e. The van der Waals surface area contributed by atoms with E-state index in [2.05, 4.69) is 5.32 Å². The van der Waals surface area contributed by atoms with Gasteiger partial charge in [-0.2, -0.15) is 0 Å². The number of hydrogen-bond acceptors (Lipinski definition) is 2. The highest BCUT2D eigenvalue weighted by Crippen LogP contribution is 2.16. The van der Waals surface area contributed by atoms with Crippen molar-refractivity contribution in [2.75, 3.05) is 20.1 Å². The fourth-order valence-corrected chi connectivity index (χ4v) is 1.58. The summed E-state index contributed by atoms with van der Waals surface area (Å²) in [6.45, 7) is 3.81. The normalized spacial score (nSPS) is 18.5. The molecule has 1 rings (SSSR count). The van der Waals surface area contributed by atoms with Crippen LogP contribution in [-0.4, -0.2) is 30.9 Å². The standard InChI is InChI=1S/C9H16ClN3/c1-7(12-2)8(10)9(11)13-5-3-4-6-13/h11-12H,3-6H2,1-2H3. The van der Waals surface area contributed by atoms with Crippen molar-refractivity contribution in [3.05, 3.63) is 10.7 Å². The lowest BCUT2D eigenvalue weighted by Crippen LogP contribution is -2.28. The maximum absolute atomic E-state index is 7.82. The van der Waals surface area contributed by atoms with E-state index in [1.54, 1.807) is 0 Å². The van der Waals surface area contributed by atoms with E-state index in [1.165, 1.54) is 12.8 Å². The zero-order chi connectivity index (χ0) is 9.84. The van der Waals surface area contributed by atoms with Crippen LogP contribution in [0.1, 0.15) is 19.8 Å². The first kappa shape index (κ1) is 10.4. The quantitative estimate of drug-likeness (QED) is 0.528. The number of halogens is 1. The number of rotatable bonds is 2. The fraction of sp³-hybridized carbons (Fsp3) is 0.667. The third kappa shape index (κ3) is 2.37. The van der Waals surface area contributed by atoms with Gasteiger partial charge >= 0.3 is 0 Å². The van der Waals surface area contributed by atoms with Gasteiger partial charge in [0.05, 0.1) is 0 Å². The second-order valence-corrected chi connectivity index (χ2v) is 3.61. The van der Waals surface area contributed by atoms with Crippen molar-refractivity contribution in [3.63, 3.8) is 0 Å². The molecule has 0 aromatic carbocycles. The maximum atomic E-state index is 7.82. The molecule has 0 spiro atoms. The molecule has 0 aromatic rings. The van der Waals surface area contributed by atoms with E-state index in [1.807, 2.05) is 18.9 Å². The average molecular weight is 202 g/mol. The minimum Gasteiger partial charge on any atom is -0.390 e. The van der Waals surface area contributed by atoms with Gasteiger partial charge in [-0.15, -0.1) is 0 Å². The molecule has 1 saturated heterocycles. The van der Waals surface area contributed by atoms with Gasteiger partial charge in [-0.1, -0.05) is 11.6 Å². The van der Waals surface area contributed by atoms with E-state index < -0.39 is 0 Å². The van der Waals surface area contributed by atoms with Crippen LogP contribution in [0.4, 0.5) is 0 Å². The highest BCUT2D eigenvalue weighted by Gasteiger charge is 2.18. The summed E-state index contributed by atoms with van der Waals surface area (Å²) in [6, 6.07) is 0. The van der Waals surface area contributed by atoms with Crippen molar-refractivity contribution >= 4 is 17.4 Å². The highest BCUT2D eigenvalue weighted by molar-refractivity contribution is 6.42. The summed E-state index contributed by atoms with van der Waals surface area (Å²) in [6.07, 6.45) is 2.34. The van der Waals surface area contributed by atoms with Crippen molar-refractivity contribution in [1.29, 1.82) is 5.41 Å². The van der Waals surface area contributed by atoms with Crippen LogP contribution in [0, 0.1) is 5.41 Å². The van der Waals surface area contributed by atoms with Gasteiger partial charge < -0.3 is 10.2 Å². The summed E-state index contributed by atoms with van der Waals surface area (Å²) >= 11 is 6.01. The molecule has 1 aliphatic rings. The Morgan fingerprint density at radius 1 is 1.38 bits per heavy atom. The molecule has 0 aromatic heterocycles. The summed E-state index contributed by atoms with van der Waals surface area (Å²) < 4.78 is 0. The Morgan fingerprint density at radius 3 is 2.38 bits per heavy atom. The SMILES string of the molecule is CNC(C)=C(Cl)C(=N)N1CCCC1. The van der Waals surface area contributed by atoms with Crippen molar-refractivity contribution in [3.8, 4) is 0 Å². The number of nitrogens with zero attached hydrogens (tertiary/aromatic N) is 1. The third-order valence-corrected chi connectivity index (χ3v) is 2.80. The van der Waals surface area contributed by atoms with Crippen LogP contribution in [0.2, 0.25) is 0 Å². The molecule has 0 aliphatic carbocycles. The Labute approximate surface area is 84.3 Å². The van der Waals surface area contributed by atoms with E-state index in [0.717, 1.165) is 18.8 Å². The van der Waals surface area contributed by atoms with Gasteiger partial charge in [0.15, 0.2) is 0 Å². The number of hydrogen-bond donors (Lipinski definition) is 2. The minimum absolute atomic E-state index is 0.450. The summed E-state index contributed by atoms with van der Waals surface area (Å²) in [5.74, 6) is 0.450. The fourth-order valence-electron chi connectivity index (χ4n) is 1.37. The van der Waals surface area contributed by atoms with Gasteiger partial charge in [0.2, 0.25) is 0 Å². The number of likely N-dealkylation sites (tertiary alicyclic amines) is 1. The Bertz CT molecular complexity index is 229. The molecule has 0 amide bonds. The van der Waals surface area contributed by atoms with E-state index in [4.69, 9.17) is 17.0 Å². The van der Waals surface area contributed by atoms with Crippen LogP contribution in [0.15, 0.2) is 10.7 Å². The van der Waals surface area contributed by atoms with Crippen molar-refractivity contribution < 1.29 is 0 Å². The van der Waals surface area contributed by atoms with E-state index in [-0.39, 0.29) is 0 Å². The molecule has 0 atom stereocenters. The average Bonchev–Trinajstić information content (AvgIpc) is 2.67. The summed E-state index contributed by atoms with van der Waals surface area (Å²) in [7, 11) is 1.81. The van der Waals surface area contributed by atoms with Gasteiger partial charge in [-0.25, -0.2) is 0 Å². The van der Waals surface area contributed by atoms with E-state index in [9.17, 15) is 0 Å². The first-order valence-corrected chi connectivity index (χ1v) is 4.92. The smallest absolute Gasteiger partial charge is 0.141 e. The molecule has 0 bridgehead atoms. The lowest BCUT2D eigenvalue weighted by Gasteiger charge is -2.18. The van der Waals surface area contributed by atoms with Crippen molar-refractivity contribution in [2.24, 2.45) is 0 Å². The molecule has 2 N–H and O–H groups in total. The van der Waals surface area contributed by atoms with E-state index in [0.29, 0.717) is 10.9 Å². The van der Waals surface area contributed by atoms with Crippen LogP contribution < -0.4 is 5.32 Å². The predicted molar refractivity (Wildman–Crippen MR) is 56.1 cm³/mol. The summed E-state index contributed by atoms with van der Waals surface area (Å²) in [5, 5.41) is 11.3. The van der Waals surface area contributed by atoms with Gasteiger partial charge in [-0.05, 0) is 19.8 Å². The second kappa shape index (κ2) is 4.51. The monoisotopic (exact) mass is 201 g/mol. The first-order valence-electron chi connectivity index (χ1n) is 4.55.